The van der Waals surface area contributed by atoms with Gasteiger partial charge in [0.05, 0.1) is 13.2 Å². The first-order valence-corrected chi connectivity index (χ1v) is 8.73. The smallest absolute Gasteiger partial charge is 0.274 e. The van der Waals surface area contributed by atoms with Crippen LogP contribution in [0.3, 0.4) is 0 Å². The van der Waals surface area contributed by atoms with Gasteiger partial charge in [0.1, 0.15) is 5.75 Å². The first kappa shape index (κ1) is 16.4. The van der Waals surface area contributed by atoms with E-state index in [2.05, 4.69) is 22.4 Å². The number of nitrogens with zero attached hydrogens (tertiary/aromatic N) is 1. The first-order chi connectivity index (χ1) is 12.8. The normalized spacial score (nSPS) is 16.0. The summed E-state index contributed by atoms with van der Waals surface area (Å²) in [5.74, 6) is 0.926. The SMILES string of the molecule is COc1cccc(-c2ocnc2C(=O)NC2CCCc3ccccc32)c1. The van der Waals surface area contributed by atoms with Gasteiger partial charge in [-0.25, -0.2) is 4.98 Å². The molecule has 2 aromatic carbocycles. The van der Waals surface area contributed by atoms with Crippen molar-refractivity contribution in [3.63, 3.8) is 0 Å². The molecule has 1 amide bonds. The molecule has 26 heavy (non-hydrogen) atoms. The Kier molecular flexibility index (Phi) is 4.44. The van der Waals surface area contributed by atoms with Crippen LogP contribution in [0.4, 0.5) is 0 Å². The molecule has 1 heterocycles. The topological polar surface area (TPSA) is 64.4 Å². The number of oxazole rings is 1. The Morgan fingerprint density at radius 1 is 1.23 bits per heavy atom. The molecule has 0 saturated heterocycles. The molecule has 5 heteroatoms. The summed E-state index contributed by atoms with van der Waals surface area (Å²) in [5.41, 5.74) is 3.55. The molecule has 1 atom stereocenters. The minimum atomic E-state index is -0.224. The second kappa shape index (κ2) is 7.04. The van der Waals surface area contributed by atoms with E-state index in [-0.39, 0.29) is 11.9 Å². The number of hydrogen-bond donors (Lipinski definition) is 1. The summed E-state index contributed by atoms with van der Waals surface area (Å²) in [7, 11) is 1.60. The Hall–Kier alpha value is -3.08. The van der Waals surface area contributed by atoms with Gasteiger partial charge in [0.15, 0.2) is 17.8 Å². The Morgan fingerprint density at radius 3 is 3.00 bits per heavy atom. The number of methoxy groups -OCH3 is 1. The van der Waals surface area contributed by atoms with Crippen molar-refractivity contribution in [3.05, 3.63) is 71.7 Å². The van der Waals surface area contributed by atoms with E-state index >= 15 is 0 Å². The highest BCUT2D eigenvalue weighted by atomic mass is 16.5. The summed E-state index contributed by atoms with van der Waals surface area (Å²) in [5, 5.41) is 3.12. The summed E-state index contributed by atoms with van der Waals surface area (Å²) in [6.07, 6.45) is 4.35. The number of benzene rings is 2. The number of hydrogen-bond acceptors (Lipinski definition) is 4. The van der Waals surface area contributed by atoms with Crippen LogP contribution in [0.5, 0.6) is 5.75 Å². The molecule has 4 rings (SSSR count). The van der Waals surface area contributed by atoms with Gasteiger partial charge < -0.3 is 14.5 Å². The van der Waals surface area contributed by atoms with Crippen molar-refractivity contribution in [1.29, 1.82) is 0 Å². The molecule has 0 saturated carbocycles. The average Bonchev–Trinajstić information content (AvgIpc) is 3.18. The van der Waals surface area contributed by atoms with Crippen LogP contribution in [0, 0.1) is 0 Å². The summed E-state index contributed by atoms with van der Waals surface area (Å²) < 4.78 is 10.8. The Labute approximate surface area is 152 Å². The van der Waals surface area contributed by atoms with Crippen LogP contribution in [0.15, 0.2) is 59.3 Å². The van der Waals surface area contributed by atoms with Crippen molar-refractivity contribution >= 4 is 5.91 Å². The van der Waals surface area contributed by atoms with Gasteiger partial charge in [-0.2, -0.15) is 0 Å². The van der Waals surface area contributed by atoms with Crippen molar-refractivity contribution in [2.24, 2.45) is 0 Å². The van der Waals surface area contributed by atoms with Gasteiger partial charge in [-0.05, 0) is 42.5 Å². The second-order valence-electron chi connectivity index (χ2n) is 6.38. The lowest BCUT2D eigenvalue weighted by molar-refractivity contribution is 0.0928. The van der Waals surface area contributed by atoms with Gasteiger partial charge in [0.25, 0.3) is 5.91 Å². The maximum atomic E-state index is 12.9. The van der Waals surface area contributed by atoms with Gasteiger partial charge in [-0.15, -0.1) is 0 Å². The lowest BCUT2D eigenvalue weighted by atomic mass is 9.87. The van der Waals surface area contributed by atoms with Crippen LogP contribution in [0.25, 0.3) is 11.3 Å². The average molecular weight is 348 g/mol. The molecule has 132 valence electrons. The van der Waals surface area contributed by atoms with E-state index in [0.717, 1.165) is 24.8 Å². The summed E-state index contributed by atoms with van der Waals surface area (Å²) >= 11 is 0. The zero-order chi connectivity index (χ0) is 17.9. The van der Waals surface area contributed by atoms with Crippen LogP contribution >= 0.6 is 0 Å². The van der Waals surface area contributed by atoms with E-state index in [4.69, 9.17) is 9.15 Å². The third kappa shape index (κ3) is 3.08. The van der Waals surface area contributed by atoms with Crippen molar-refractivity contribution in [2.75, 3.05) is 7.11 Å². The van der Waals surface area contributed by atoms with Gasteiger partial charge in [0.2, 0.25) is 0 Å². The third-order valence-corrected chi connectivity index (χ3v) is 4.79. The van der Waals surface area contributed by atoms with E-state index in [0.29, 0.717) is 17.2 Å². The fourth-order valence-electron chi connectivity index (χ4n) is 3.51. The van der Waals surface area contributed by atoms with E-state index in [1.54, 1.807) is 7.11 Å². The third-order valence-electron chi connectivity index (χ3n) is 4.79. The standard InChI is InChI=1S/C21H20N2O3/c1-25-16-9-4-8-15(12-16)20-19(22-13-26-20)21(24)23-18-11-5-7-14-6-2-3-10-17(14)18/h2-4,6,8-10,12-13,18H,5,7,11H2,1H3,(H,23,24). The number of carbonyl (C=O) groups is 1. The van der Waals surface area contributed by atoms with Crippen LogP contribution in [0.2, 0.25) is 0 Å². The van der Waals surface area contributed by atoms with Crippen LogP contribution < -0.4 is 10.1 Å². The quantitative estimate of drug-likeness (QED) is 0.769. The fraction of sp³-hybridized carbons (Fsp3) is 0.238. The van der Waals surface area contributed by atoms with E-state index in [1.165, 1.54) is 17.5 Å². The highest BCUT2D eigenvalue weighted by Gasteiger charge is 2.25. The van der Waals surface area contributed by atoms with Gasteiger partial charge >= 0.3 is 0 Å². The monoisotopic (exact) mass is 348 g/mol. The Balaban J connectivity index is 1.60. The number of ether oxygens (including phenoxy) is 1. The van der Waals surface area contributed by atoms with Gasteiger partial charge in [0, 0.05) is 5.56 Å². The summed E-state index contributed by atoms with van der Waals surface area (Å²) in [4.78, 5) is 17.0. The first-order valence-electron chi connectivity index (χ1n) is 8.73. The molecular formula is C21H20N2O3. The van der Waals surface area contributed by atoms with Crippen LogP contribution in [0.1, 0.15) is 40.5 Å². The highest BCUT2D eigenvalue weighted by Crippen LogP contribution is 2.31. The van der Waals surface area contributed by atoms with Crippen LogP contribution in [-0.2, 0) is 6.42 Å². The maximum absolute atomic E-state index is 12.9. The molecule has 5 nitrogen and oxygen atoms in total. The van der Waals surface area contributed by atoms with Crippen molar-refractivity contribution in [1.82, 2.24) is 10.3 Å². The highest BCUT2D eigenvalue weighted by molar-refractivity contribution is 5.97. The van der Waals surface area contributed by atoms with E-state index in [1.807, 2.05) is 36.4 Å². The largest absolute Gasteiger partial charge is 0.497 e. The van der Waals surface area contributed by atoms with Gasteiger partial charge in [-0.1, -0.05) is 36.4 Å². The zero-order valence-electron chi connectivity index (χ0n) is 14.6. The summed E-state index contributed by atoms with van der Waals surface area (Å²) in [6, 6.07) is 15.7. The maximum Gasteiger partial charge on any atom is 0.274 e. The number of carbonyl (C=O) groups excluding carboxylic acids is 1. The van der Waals surface area contributed by atoms with Crippen molar-refractivity contribution < 1.29 is 13.9 Å². The predicted octanol–water partition coefficient (Wildman–Crippen LogP) is 4.16. The number of fused-ring (bicyclic) bond motifs is 1. The lowest BCUT2D eigenvalue weighted by Gasteiger charge is -2.26. The molecule has 1 aliphatic rings. The molecule has 0 spiro atoms. The molecule has 1 aromatic heterocycles. The molecule has 0 bridgehead atoms. The van der Waals surface area contributed by atoms with E-state index in [9.17, 15) is 4.79 Å². The minimum Gasteiger partial charge on any atom is -0.497 e. The molecule has 0 radical (unpaired) electrons. The second-order valence-corrected chi connectivity index (χ2v) is 6.38. The zero-order valence-corrected chi connectivity index (χ0v) is 14.6. The molecule has 1 unspecified atom stereocenters. The molecule has 3 aromatic rings. The molecule has 1 N–H and O–H groups in total. The van der Waals surface area contributed by atoms with Crippen molar-refractivity contribution in [3.8, 4) is 17.1 Å². The number of aromatic nitrogens is 1. The van der Waals surface area contributed by atoms with E-state index < -0.39 is 0 Å². The Morgan fingerprint density at radius 2 is 2.12 bits per heavy atom. The number of nitrogens with one attached hydrogen (secondary N) is 1. The lowest BCUT2D eigenvalue weighted by Crippen LogP contribution is -2.31. The van der Waals surface area contributed by atoms with Gasteiger partial charge in [-0.3, -0.25) is 4.79 Å². The molecular weight excluding hydrogens is 328 g/mol. The van der Waals surface area contributed by atoms with Crippen molar-refractivity contribution in [2.45, 2.75) is 25.3 Å². The predicted molar refractivity (Wildman–Crippen MR) is 98.1 cm³/mol. The Bertz CT molecular complexity index is 932. The number of amides is 1. The summed E-state index contributed by atoms with van der Waals surface area (Å²) in [6.45, 7) is 0. The molecule has 1 aliphatic carbocycles. The number of aryl methyl sites for hydroxylation is 1. The van der Waals surface area contributed by atoms with Crippen LogP contribution in [-0.4, -0.2) is 18.0 Å². The molecule has 0 fully saturated rings. The minimum absolute atomic E-state index is 0.00214. The number of rotatable bonds is 4. The molecule has 0 aliphatic heterocycles. The fourth-order valence-corrected chi connectivity index (χ4v) is 3.51.